The third kappa shape index (κ3) is 3.96. The van der Waals surface area contributed by atoms with Crippen molar-refractivity contribution in [3.05, 3.63) is 83.7 Å². The SMILES string of the molecule is Cc1ccc(CN2C(=O)C(C)Oc3ccc(NC(=O)c4cccnc4)cc32)cc1. The largest absolute Gasteiger partial charge is 0.479 e. The number of rotatable bonds is 4. The third-order valence-corrected chi connectivity index (χ3v) is 4.81. The molecule has 0 bridgehead atoms. The van der Waals surface area contributed by atoms with E-state index in [4.69, 9.17) is 4.74 Å². The van der Waals surface area contributed by atoms with Crippen molar-refractivity contribution in [2.75, 3.05) is 10.2 Å². The average molecular weight is 387 g/mol. The molecule has 6 nitrogen and oxygen atoms in total. The van der Waals surface area contributed by atoms with E-state index in [0.717, 1.165) is 11.1 Å². The highest BCUT2D eigenvalue weighted by atomic mass is 16.5. The van der Waals surface area contributed by atoms with Crippen LogP contribution in [-0.4, -0.2) is 22.9 Å². The highest BCUT2D eigenvalue weighted by Gasteiger charge is 2.31. The second-order valence-electron chi connectivity index (χ2n) is 7.05. The maximum absolute atomic E-state index is 12.8. The van der Waals surface area contributed by atoms with E-state index in [1.165, 1.54) is 6.20 Å². The van der Waals surface area contributed by atoms with Gasteiger partial charge >= 0.3 is 0 Å². The summed E-state index contributed by atoms with van der Waals surface area (Å²) in [5.74, 6) is 0.233. The van der Waals surface area contributed by atoms with E-state index in [9.17, 15) is 9.59 Å². The minimum absolute atomic E-state index is 0.117. The van der Waals surface area contributed by atoms with Crippen LogP contribution in [0.3, 0.4) is 0 Å². The first-order chi connectivity index (χ1) is 14.0. The zero-order valence-electron chi connectivity index (χ0n) is 16.3. The van der Waals surface area contributed by atoms with Crippen LogP contribution in [-0.2, 0) is 11.3 Å². The second kappa shape index (κ2) is 7.75. The van der Waals surface area contributed by atoms with Gasteiger partial charge in [0.15, 0.2) is 6.10 Å². The summed E-state index contributed by atoms with van der Waals surface area (Å²) in [5, 5.41) is 2.85. The third-order valence-electron chi connectivity index (χ3n) is 4.81. The van der Waals surface area contributed by atoms with Crippen molar-refractivity contribution in [2.24, 2.45) is 0 Å². The van der Waals surface area contributed by atoms with Crippen LogP contribution in [0.4, 0.5) is 11.4 Å². The molecule has 6 heteroatoms. The Bertz CT molecular complexity index is 1050. The number of ether oxygens (including phenoxy) is 1. The first-order valence-corrected chi connectivity index (χ1v) is 9.40. The van der Waals surface area contributed by atoms with Gasteiger partial charge in [-0.2, -0.15) is 0 Å². The standard InChI is InChI=1S/C23H21N3O3/c1-15-5-7-17(8-6-15)14-26-20-12-19(9-10-21(20)29-16(2)23(26)28)25-22(27)18-4-3-11-24-13-18/h3-13,16H,14H2,1-2H3,(H,25,27). The molecule has 1 aliphatic rings. The second-order valence-corrected chi connectivity index (χ2v) is 7.05. The summed E-state index contributed by atoms with van der Waals surface area (Å²) in [6.07, 6.45) is 2.55. The fraction of sp³-hybridized carbons (Fsp3) is 0.174. The predicted octanol–water partition coefficient (Wildman–Crippen LogP) is 3.96. The van der Waals surface area contributed by atoms with Crippen LogP contribution in [0.5, 0.6) is 5.75 Å². The van der Waals surface area contributed by atoms with Crippen molar-refractivity contribution >= 4 is 23.2 Å². The zero-order valence-corrected chi connectivity index (χ0v) is 16.3. The van der Waals surface area contributed by atoms with Crippen LogP contribution in [0.1, 0.15) is 28.4 Å². The Morgan fingerprint density at radius 1 is 1.17 bits per heavy atom. The molecule has 0 radical (unpaired) electrons. The molecular formula is C23H21N3O3. The normalized spacial score (nSPS) is 15.4. The van der Waals surface area contributed by atoms with Gasteiger partial charge in [-0.05, 0) is 49.7 Å². The number of anilines is 2. The molecule has 2 amide bonds. The predicted molar refractivity (Wildman–Crippen MR) is 111 cm³/mol. The van der Waals surface area contributed by atoms with Gasteiger partial charge in [0.2, 0.25) is 0 Å². The maximum atomic E-state index is 12.8. The zero-order chi connectivity index (χ0) is 20.4. The summed E-state index contributed by atoms with van der Waals surface area (Å²) < 4.78 is 5.76. The number of nitrogens with one attached hydrogen (secondary N) is 1. The molecule has 1 atom stereocenters. The highest BCUT2D eigenvalue weighted by molar-refractivity contribution is 6.05. The maximum Gasteiger partial charge on any atom is 0.268 e. The fourth-order valence-electron chi connectivity index (χ4n) is 3.22. The quantitative estimate of drug-likeness (QED) is 0.736. The summed E-state index contributed by atoms with van der Waals surface area (Å²) >= 11 is 0. The van der Waals surface area contributed by atoms with E-state index in [-0.39, 0.29) is 11.8 Å². The number of carbonyl (C=O) groups excluding carboxylic acids is 2. The number of benzene rings is 2. The van der Waals surface area contributed by atoms with Crippen LogP contribution in [0, 0.1) is 6.92 Å². The highest BCUT2D eigenvalue weighted by Crippen LogP contribution is 2.37. The number of nitrogens with zero attached hydrogens (tertiary/aromatic N) is 2. The summed E-state index contributed by atoms with van der Waals surface area (Å²) in [5.41, 5.74) is 3.86. The number of fused-ring (bicyclic) bond motifs is 1. The molecule has 2 heterocycles. The van der Waals surface area contributed by atoms with Crippen molar-refractivity contribution in [1.29, 1.82) is 0 Å². The van der Waals surface area contributed by atoms with Gasteiger partial charge in [0.05, 0.1) is 17.8 Å². The molecule has 2 aromatic carbocycles. The van der Waals surface area contributed by atoms with Crippen LogP contribution < -0.4 is 15.0 Å². The van der Waals surface area contributed by atoms with Gasteiger partial charge in [0.1, 0.15) is 5.75 Å². The topological polar surface area (TPSA) is 71.5 Å². The lowest BCUT2D eigenvalue weighted by atomic mass is 10.1. The Morgan fingerprint density at radius 2 is 1.97 bits per heavy atom. The van der Waals surface area contributed by atoms with Crippen LogP contribution in [0.2, 0.25) is 0 Å². The van der Waals surface area contributed by atoms with Crippen molar-refractivity contribution in [1.82, 2.24) is 4.98 Å². The molecule has 146 valence electrons. The minimum Gasteiger partial charge on any atom is -0.479 e. The summed E-state index contributed by atoms with van der Waals surface area (Å²) in [6, 6.07) is 16.8. The number of hydrogen-bond donors (Lipinski definition) is 1. The van der Waals surface area contributed by atoms with E-state index in [0.29, 0.717) is 29.2 Å². The van der Waals surface area contributed by atoms with Crippen LogP contribution in [0.15, 0.2) is 67.0 Å². The van der Waals surface area contributed by atoms with E-state index in [1.807, 2.05) is 31.2 Å². The van der Waals surface area contributed by atoms with Crippen molar-refractivity contribution in [2.45, 2.75) is 26.5 Å². The number of carbonyl (C=O) groups is 2. The van der Waals surface area contributed by atoms with Crippen molar-refractivity contribution in [3.63, 3.8) is 0 Å². The Labute approximate surface area is 169 Å². The van der Waals surface area contributed by atoms with Gasteiger partial charge in [0, 0.05) is 18.1 Å². The number of aryl methyl sites for hydroxylation is 1. The molecule has 0 saturated carbocycles. The van der Waals surface area contributed by atoms with E-state index >= 15 is 0 Å². The van der Waals surface area contributed by atoms with Gasteiger partial charge < -0.3 is 15.0 Å². The molecule has 0 aliphatic carbocycles. The first kappa shape index (κ1) is 18.7. The van der Waals surface area contributed by atoms with Gasteiger partial charge in [0.25, 0.3) is 11.8 Å². The summed E-state index contributed by atoms with van der Waals surface area (Å²) in [4.78, 5) is 30.9. The Kier molecular flexibility index (Phi) is 4.99. The lowest BCUT2D eigenvalue weighted by molar-refractivity contribution is -0.125. The molecule has 1 N–H and O–H groups in total. The number of pyridine rings is 1. The Balaban J connectivity index is 1.63. The number of hydrogen-bond acceptors (Lipinski definition) is 4. The lowest BCUT2D eigenvalue weighted by Gasteiger charge is -2.33. The van der Waals surface area contributed by atoms with E-state index in [2.05, 4.69) is 10.3 Å². The number of aromatic nitrogens is 1. The lowest BCUT2D eigenvalue weighted by Crippen LogP contribution is -2.44. The monoisotopic (exact) mass is 387 g/mol. The molecule has 0 saturated heterocycles. The molecule has 3 aromatic rings. The molecule has 1 unspecified atom stereocenters. The summed E-state index contributed by atoms with van der Waals surface area (Å²) in [6.45, 7) is 4.20. The first-order valence-electron chi connectivity index (χ1n) is 9.40. The molecule has 1 aliphatic heterocycles. The van der Waals surface area contributed by atoms with Gasteiger partial charge in [-0.3, -0.25) is 14.6 Å². The fourth-order valence-corrected chi connectivity index (χ4v) is 3.22. The molecule has 0 spiro atoms. The van der Waals surface area contributed by atoms with Crippen molar-refractivity contribution < 1.29 is 14.3 Å². The van der Waals surface area contributed by atoms with E-state index in [1.54, 1.807) is 48.4 Å². The van der Waals surface area contributed by atoms with Crippen LogP contribution in [0.25, 0.3) is 0 Å². The minimum atomic E-state index is -0.566. The average Bonchev–Trinajstić information content (AvgIpc) is 2.74. The van der Waals surface area contributed by atoms with Crippen LogP contribution >= 0.6 is 0 Å². The van der Waals surface area contributed by atoms with Gasteiger partial charge in [-0.15, -0.1) is 0 Å². The molecule has 4 rings (SSSR count). The summed E-state index contributed by atoms with van der Waals surface area (Å²) in [7, 11) is 0. The number of amides is 2. The molecular weight excluding hydrogens is 366 g/mol. The Morgan fingerprint density at radius 3 is 2.69 bits per heavy atom. The molecule has 29 heavy (non-hydrogen) atoms. The van der Waals surface area contributed by atoms with E-state index < -0.39 is 6.10 Å². The molecule has 0 fully saturated rings. The smallest absolute Gasteiger partial charge is 0.268 e. The van der Waals surface area contributed by atoms with Gasteiger partial charge in [-0.1, -0.05) is 29.8 Å². The van der Waals surface area contributed by atoms with Crippen molar-refractivity contribution in [3.8, 4) is 5.75 Å². The Hall–Kier alpha value is -3.67. The van der Waals surface area contributed by atoms with Gasteiger partial charge in [-0.25, -0.2) is 0 Å². The molecule has 1 aromatic heterocycles.